The molecule has 0 aliphatic heterocycles. The highest BCUT2D eigenvalue weighted by Gasteiger charge is 2.33. The van der Waals surface area contributed by atoms with Gasteiger partial charge in [0.15, 0.2) is 0 Å². The lowest BCUT2D eigenvalue weighted by Crippen LogP contribution is -2.49. The van der Waals surface area contributed by atoms with Crippen molar-refractivity contribution in [2.45, 2.75) is 52.4 Å². The van der Waals surface area contributed by atoms with Crippen LogP contribution in [-0.4, -0.2) is 47.9 Å². The molecule has 0 bridgehead atoms. The second-order valence-electron chi connectivity index (χ2n) is 6.10. The van der Waals surface area contributed by atoms with E-state index in [0.717, 1.165) is 12.0 Å². The third-order valence-corrected chi connectivity index (χ3v) is 4.24. The first-order valence-corrected chi connectivity index (χ1v) is 8.67. The van der Waals surface area contributed by atoms with Crippen LogP contribution in [-0.2, 0) is 20.9 Å². The molecule has 1 N–H and O–H groups in total. The van der Waals surface area contributed by atoms with Crippen molar-refractivity contribution in [2.75, 3.05) is 13.7 Å². The predicted molar refractivity (Wildman–Crippen MR) is 94.9 cm³/mol. The van der Waals surface area contributed by atoms with Crippen LogP contribution in [0.1, 0.15) is 39.2 Å². The van der Waals surface area contributed by atoms with Gasteiger partial charge in [-0.2, -0.15) is 0 Å². The van der Waals surface area contributed by atoms with Crippen LogP contribution in [0, 0.1) is 5.92 Å². The van der Waals surface area contributed by atoms with E-state index < -0.39 is 24.2 Å². The minimum absolute atomic E-state index is 0.00120. The van der Waals surface area contributed by atoms with E-state index in [2.05, 4.69) is 0 Å². The van der Waals surface area contributed by atoms with Crippen molar-refractivity contribution in [1.82, 2.24) is 4.90 Å². The van der Waals surface area contributed by atoms with Gasteiger partial charge < -0.3 is 19.5 Å². The number of amides is 1. The normalized spacial score (nSPS) is 14.3. The van der Waals surface area contributed by atoms with Gasteiger partial charge in [0, 0.05) is 7.05 Å². The van der Waals surface area contributed by atoms with Gasteiger partial charge in [0.05, 0.1) is 25.2 Å². The molecule has 6 heteroatoms. The molecular formula is C19H29NO5. The molecular weight excluding hydrogens is 322 g/mol. The fraction of sp³-hybridized carbons (Fsp3) is 0.579. The van der Waals surface area contributed by atoms with Crippen molar-refractivity contribution in [1.29, 1.82) is 0 Å². The second kappa shape index (κ2) is 10.7. The molecule has 0 radical (unpaired) electrons. The Bertz CT molecular complexity index is 534. The Hall–Kier alpha value is -2.08. The van der Waals surface area contributed by atoms with Crippen molar-refractivity contribution in [3.8, 4) is 0 Å². The second-order valence-corrected chi connectivity index (χ2v) is 6.10. The monoisotopic (exact) mass is 351 g/mol. The van der Waals surface area contributed by atoms with Gasteiger partial charge in [-0.05, 0) is 18.4 Å². The molecule has 0 heterocycles. The molecule has 1 amide bonds. The molecule has 0 aromatic heterocycles. The summed E-state index contributed by atoms with van der Waals surface area (Å²) < 4.78 is 10.2. The van der Waals surface area contributed by atoms with Crippen LogP contribution >= 0.6 is 0 Å². The number of benzene rings is 1. The van der Waals surface area contributed by atoms with E-state index in [-0.39, 0.29) is 25.6 Å². The quantitative estimate of drug-likeness (QED) is 0.692. The molecule has 25 heavy (non-hydrogen) atoms. The zero-order chi connectivity index (χ0) is 18.8. The van der Waals surface area contributed by atoms with E-state index in [1.54, 1.807) is 14.0 Å². The summed E-state index contributed by atoms with van der Waals surface area (Å²) in [6.07, 6.45) is -0.944. The first-order chi connectivity index (χ1) is 11.9. The number of hydrogen-bond acceptors (Lipinski definition) is 5. The summed E-state index contributed by atoms with van der Waals surface area (Å²) in [5, 5.41) is 10.5. The number of carbonyl (C=O) groups excluding carboxylic acids is 2. The zero-order valence-corrected chi connectivity index (χ0v) is 15.5. The molecule has 0 saturated heterocycles. The van der Waals surface area contributed by atoms with Crippen LogP contribution in [0.4, 0.5) is 4.79 Å². The van der Waals surface area contributed by atoms with Crippen LogP contribution in [0.5, 0.6) is 0 Å². The Morgan fingerprint density at radius 2 is 1.80 bits per heavy atom. The average molecular weight is 351 g/mol. The number of aliphatic hydroxyl groups is 1. The number of ether oxygens (including phenoxy) is 2. The molecule has 1 rings (SSSR count). The number of likely N-dealkylation sites (N-methyl/N-ethyl adjacent to an activating group) is 1. The first kappa shape index (κ1) is 21.0. The first-order valence-electron chi connectivity index (χ1n) is 8.67. The van der Waals surface area contributed by atoms with Gasteiger partial charge in [0.2, 0.25) is 0 Å². The number of hydrogen-bond donors (Lipinski definition) is 1. The summed E-state index contributed by atoms with van der Waals surface area (Å²) >= 11 is 0. The molecule has 1 aromatic rings. The van der Waals surface area contributed by atoms with E-state index in [1.807, 2.05) is 44.2 Å². The van der Waals surface area contributed by atoms with Crippen LogP contribution in [0.15, 0.2) is 30.3 Å². The molecule has 0 aliphatic rings. The lowest BCUT2D eigenvalue weighted by atomic mass is 9.91. The highest BCUT2D eigenvalue weighted by atomic mass is 16.6. The molecule has 140 valence electrons. The number of esters is 1. The van der Waals surface area contributed by atoms with E-state index in [4.69, 9.17) is 9.47 Å². The van der Waals surface area contributed by atoms with Gasteiger partial charge in [-0.25, -0.2) is 4.79 Å². The maximum Gasteiger partial charge on any atom is 0.410 e. The molecule has 3 atom stereocenters. The van der Waals surface area contributed by atoms with E-state index in [1.165, 1.54) is 4.90 Å². The minimum Gasteiger partial charge on any atom is -0.466 e. The van der Waals surface area contributed by atoms with Crippen LogP contribution in [0.3, 0.4) is 0 Å². The topological polar surface area (TPSA) is 76.1 Å². The van der Waals surface area contributed by atoms with Crippen molar-refractivity contribution >= 4 is 12.1 Å². The largest absolute Gasteiger partial charge is 0.466 e. The Morgan fingerprint density at radius 1 is 1.16 bits per heavy atom. The SMILES string of the molecule is CCOC(=O)C[C@H](O)[C@H](C(C)CC)N(C)C(=O)OCc1ccccc1. The summed E-state index contributed by atoms with van der Waals surface area (Å²) in [6.45, 7) is 6.03. The summed E-state index contributed by atoms with van der Waals surface area (Å²) in [6, 6.07) is 8.85. The maximum absolute atomic E-state index is 12.4. The van der Waals surface area contributed by atoms with Crippen LogP contribution in [0.2, 0.25) is 0 Å². The number of aliphatic hydroxyl groups excluding tert-OH is 1. The van der Waals surface area contributed by atoms with Gasteiger partial charge in [-0.3, -0.25) is 4.79 Å². The summed E-state index contributed by atoms with van der Waals surface area (Å²) in [5.74, 6) is -0.479. The Labute approximate surface area is 149 Å². The van der Waals surface area contributed by atoms with Gasteiger partial charge in [-0.1, -0.05) is 50.6 Å². The highest BCUT2D eigenvalue weighted by Crippen LogP contribution is 2.20. The predicted octanol–water partition coefficient (Wildman–Crippen LogP) is 2.98. The fourth-order valence-electron chi connectivity index (χ4n) is 2.71. The molecule has 1 unspecified atom stereocenters. The van der Waals surface area contributed by atoms with Crippen molar-refractivity contribution < 1.29 is 24.2 Å². The molecule has 0 spiro atoms. The number of rotatable bonds is 9. The third-order valence-electron chi connectivity index (χ3n) is 4.24. The van der Waals surface area contributed by atoms with Gasteiger partial charge >= 0.3 is 12.1 Å². The van der Waals surface area contributed by atoms with E-state index in [0.29, 0.717) is 0 Å². The molecule has 1 aromatic carbocycles. The zero-order valence-electron chi connectivity index (χ0n) is 15.5. The van der Waals surface area contributed by atoms with Crippen LogP contribution < -0.4 is 0 Å². The maximum atomic E-state index is 12.4. The smallest absolute Gasteiger partial charge is 0.410 e. The van der Waals surface area contributed by atoms with Crippen molar-refractivity contribution in [3.05, 3.63) is 35.9 Å². The molecule has 6 nitrogen and oxygen atoms in total. The average Bonchev–Trinajstić information content (AvgIpc) is 2.60. The summed E-state index contributed by atoms with van der Waals surface area (Å²) in [7, 11) is 1.58. The van der Waals surface area contributed by atoms with E-state index >= 15 is 0 Å². The Morgan fingerprint density at radius 3 is 2.36 bits per heavy atom. The Kier molecular flexibility index (Phi) is 8.99. The third kappa shape index (κ3) is 6.74. The Balaban J connectivity index is 2.72. The van der Waals surface area contributed by atoms with Crippen molar-refractivity contribution in [3.63, 3.8) is 0 Å². The number of carbonyl (C=O) groups is 2. The molecule has 0 saturated carbocycles. The van der Waals surface area contributed by atoms with Crippen LogP contribution in [0.25, 0.3) is 0 Å². The van der Waals surface area contributed by atoms with Gasteiger partial charge in [-0.15, -0.1) is 0 Å². The molecule has 0 fully saturated rings. The number of nitrogens with zero attached hydrogens (tertiary/aromatic N) is 1. The van der Waals surface area contributed by atoms with Gasteiger partial charge in [0.1, 0.15) is 6.61 Å². The lowest BCUT2D eigenvalue weighted by Gasteiger charge is -2.35. The minimum atomic E-state index is -1.01. The van der Waals surface area contributed by atoms with Crippen molar-refractivity contribution in [2.24, 2.45) is 5.92 Å². The highest BCUT2D eigenvalue weighted by molar-refractivity contribution is 5.71. The fourth-order valence-corrected chi connectivity index (χ4v) is 2.71. The summed E-state index contributed by atoms with van der Waals surface area (Å²) in [4.78, 5) is 25.4. The molecule has 0 aliphatic carbocycles. The standard InChI is InChI=1S/C19H29NO5/c1-5-14(3)18(16(21)12-17(22)24-6-2)20(4)19(23)25-13-15-10-8-7-9-11-15/h7-11,14,16,18,21H,5-6,12-13H2,1-4H3/t14?,16-,18-/m0/s1. The summed E-state index contributed by atoms with van der Waals surface area (Å²) in [5.41, 5.74) is 0.886. The van der Waals surface area contributed by atoms with E-state index in [9.17, 15) is 14.7 Å². The van der Waals surface area contributed by atoms with Gasteiger partial charge in [0.25, 0.3) is 0 Å². The lowest BCUT2D eigenvalue weighted by molar-refractivity contribution is -0.146.